The lowest BCUT2D eigenvalue weighted by Gasteiger charge is -2.17. The highest BCUT2D eigenvalue weighted by Gasteiger charge is 2.26. The van der Waals surface area contributed by atoms with Crippen molar-refractivity contribution in [2.45, 2.75) is 25.4 Å². The number of anilines is 1. The van der Waals surface area contributed by atoms with E-state index in [0.29, 0.717) is 11.6 Å². The Kier molecular flexibility index (Phi) is 4.77. The number of nitrogens with zero attached hydrogens (tertiary/aromatic N) is 3. The number of carbonyl (C=O) groups is 1. The number of fused-ring (bicyclic) bond motifs is 1. The van der Waals surface area contributed by atoms with E-state index in [1.165, 1.54) is 0 Å². The van der Waals surface area contributed by atoms with E-state index in [1.807, 2.05) is 42.5 Å². The number of rotatable bonds is 5. The lowest BCUT2D eigenvalue weighted by Crippen LogP contribution is -2.33. The van der Waals surface area contributed by atoms with Crippen molar-refractivity contribution in [2.24, 2.45) is 0 Å². The van der Waals surface area contributed by atoms with Gasteiger partial charge in [-0.15, -0.1) is 0 Å². The maximum Gasteiger partial charge on any atom is 0.255 e. The van der Waals surface area contributed by atoms with Gasteiger partial charge in [-0.25, -0.2) is 9.97 Å². The molecule has 1 saturated heterocycles. The topological polar surface area (TPSA) is 85.9 Å². The van der Waals surface area contributed by atoms with Gasteiger partial charge in [0.25, 0.3) is 5.91 Å². The van der Waals surface area contributed by atoms with Gasteiger partial charge in [-0.05, 0) is 50.2 Å². The van der Waals surface area contributed by atoms with E-state index in [0.717, 1.165) is 41.9 Å². The largest absolute Gasteiger partial charge is 0.363 e. The van der Waals surface area contributed by atoms with Crippen molar-refractivity contribution in [3.05, 3.63) is 54.0 Å². The summed E-state index contributed by atoms with van der Waals surface area (Å²) in [5.41, 5.74) is 2.59. The van der Waals surface area contributed by atoms with Gasteiger partial charge in [0.1, 0.15) is 11.5 Å². The summed E-state index contributed by atoms with van der Waals surface area (Å²) < 4.78 is 0. The number of hydrogen-bond acceptors (Lipinski definition) is 5. The molecular weight excluding hydrogens is 340 g/mol. The summed E-state index contributed by atoms with van der Waals surface area (Å²) in [6.07, 6.45) is 6.39. The van der Waals surface area contributed by atoms with Gasteiger partial charge in [0.05, 0.1) is 11.6 Å². The summed E-state index contributed by atoms with van der Waals surface area (Å²) in [5, 5.41) is 7.68. The second kappa shape index (κ2) is 7.36. The highest BCUT2D eigenvalue weighted by molar-refractivity contribution is 5.94. The van der Waals surface area contributed by atoms with Crippen molar-refractivity contribution in [2.75, 3.05) is 25.5 Å². The number of likely N-dealkylation sites (tertiary alicyclic amines) is 1. The van der Waals surface area contributed by atoms with E-state index >= 15 is 0 Å². The van der Waals surface area contributed by atoms with E-state index in [4.69, 9.17) is 0 Å². The summed E-state index contributed by atoms with van der Waals surface area (Å²) >= 11 is 0. The van der Waals surface area contributed by atoms with Crippen LogP contribution in [0.4, 0.5) is 5.82 Å². The van der Waals surface area contributed by atoms with Crippen LogP contribution in [0.1, 0.15) is 35.3 Å². The molecule has 0 saturated carbocycles. The van der Waals surface area contributed by atoms with Gasteiger partial charge in [-0.2, -0.15) is 0 Å². The highest BCUT2D eigenvalue weighted by atomic mass is 16.2. The first kappa shape index (κ1) is 17.5. The average molecular weight is 364 g/mol. The van der Waals surface area contributed by atoms with E-state index in [2.05, 4.69) is 38.6 Å². The first-order valence-corrected chi connectivity index (χ1v) is 9.26. The number of pyridine rings is 2. The number of amides is 1. The minimum absolute atomic E-state index is 0.0435. The average Bonchev–Trinajstić information content (AvgIpc) is 3.36. The number of carbonyl (C=O) groups excluding carboxylic acids is 1. The summed E-state index contributed by atoms with van der Waals surface area (Å²) in [4.78, 5) is 26.4. The molecule has 27 heavy (non-hydrogen) atoms. The number of likely N-dealkylation sites (N-methyl/N-ethyl adjacent to an activating group) is 1. The monoisotopic (exact) mass is 364 g/mol. The fraction of sp³-hybridized carbons (Fsp3) is 0.350. The zero-order chi connectivity index (χ0) is 18.8. The van der Waals surface area contributed by atoms with Crippen molar-refractivity contribution >= 4 is 22.8 Å². The van der Waals surface area contributed by atoms with Crippen LogP contribution in [0.2, 0.25) is 0 Å². The molecule has 4 rings (SSSR count). The Hall–Kier alpha value is -2.93. The molecule has 0 unspecified atom stereocenters. The van der Waals surface area contributed by atoms with Crippen molar-refractivity contribution in [3.63, 3.8) is 0 Å². The number of aromatic nitrogens is 3. The first-order chi connectivity index (χ1) is 13.1. The Labute approximate surface area is 158 Å². The molecule has 0 aliphatic carbocycles. The molecule has 3 aromatic heterocycles. The molecule has 0 bridgehead atoms. The van der Waals surface area contributed by atoms with Crippen molar-refractivity contribution in [1.82, 2.24) is 25.2 Å². The Morgan fingerprint density at radius 3 is 2.93 bits per heavy atom. The molecule has 1 aliphatic heterocycles. The van der Waals surface area contributed by atoms with Gasteiger partial charge in [0.2, 0.25) is 0 Å². The Bertz CT molecular complexity index is 935. The number of hydrogen-bond donors (Lipinski definition) is 3. The lowest BCUT2D eigenvalue weighted by atomic mass is 10.1. The molecule has 7 heteroatoms. The van der Waals surface area contributed by atoms with Crippen LogP contribution >= 0.6 is 0 Å². The Morgan fingerprint density at radius 2 is 2.19 bits per heavy atom. The predicted molar refractivity (Wildman–Crippen MR) is 106 cm³/mol. The van der Waals surface area contributed by atoms with Gasteiger partial charge < -0.3 is 20.5 Å². The summed E-state index contributed by atoms with van der Waals surface area (Å²) in [7, 11) is 1.94. The molecule has 3 aromatic rings. The smallest absolute Gasteiger partial charge is 0.255 e. The van der Waals surface area contributed by atoms with Crippen molar-refractivity contribution < 1.29 is 4.79 Å². The van der Waals surface area contributed by atoms with E-state index in [9.17, 15) is 4.79 Å². The number of aromatic amines is 1. The fourth-order valence-corrected chi connectivity index (χ4v) is 3.47. The molecule has 2 atom stereocenters. The molecule has 0 radical (unpaired) electrons. The molecule has 0 aromatic carbocycles. The molecular formula is C20H24N6O. The maximum atomic E-state index is 12.6. The van der Waals surface area contributed by atoms with Gasteiger partial charge in [0, 0.05) is 43.1 Å². The quantitative estimate of drug-likeness (QED) is 0.648. The van der Waals surface area contributed by atoms with Crippen LogP contribution in [0.3, 0.4) is 0 Å². The van der Waals surface area contributed by atoms with Crippen molar-refractivity contribution in [3.8, 4) is 0 Å². The van der Waals surface area contributed by atoms with Gasteiger partial charge in [-0.1, -0.05) is 0 Å². The molecule has 140 valence electrons. The minimum atomic E-state index is 0.0435. The lowest BCUT2D eigenvalue weighted by molar-refractivity contribution is 0.0789. The SMILES string of the molecule is CN[C@H]1CCN(C(=O)c2ccc(N[C@@H](C)c3cnc4[nH]ccc4c3)nc2)C1. The molecule has 3 N–H and O–H groups in total. The second-order valence-electron chi connectivity index (χ2n) is 7.01. The van der Waals surface area contributed by atoms with Crippen LogP contribution in [-0.4, -0.2) is 51.9 Å². The molecule has 1 fully saturated rings. The zero-order valence-corrected chi connectivity index (χ0v) is 15.6. The summed E-state index contributed by atoms with van der Waals surface area (Å²) in [6.45, 7) is 3.61. The standard InChI is InChI=1S/C20H24N6O/c1-13(16-9-14-5-7-22-19(14)24-11-16)25-18-4-3-15(10-23-18)20(27)26-8-6-17(12-26)21-2/h3-5,7,9-11,13,17,21H,6,8,12H2,1-2H3,(H,22,24)(H,23,25)/t13-,17-/m0/s1. The summed E-state index contributed by atoms with van der Waals surface area (Å²) in [6, 6.07) is 8.26. The van der Waals surface area contributed by atoms with Crippen LogP contribution in [0.25, 0.3) is 11.0 Å². The van der Waals surface area contributed by atoms with E-state index < -0.39 is 0 Å². The van der Waals surface area contributed by atoms with Crippen LogP contribution in [0, 0.1) is 0 Å². The summed E-state index contributed by atoms with van der Waals surface area (Å²) in [5.74, 6) is 0.782. The molecule has 1 aliphatic rings. The predicted octanol–water partition coefficient (Wildman–Crippen LogP) is 2.56. The number of H-pyrrole nitrogens is 1. The van der Waals surface area contributed by atoms with E-state index in [1.54, 1.807) is 6.20 Å². The van der Waals surface area contributed by atoms with E-state index in [-0.39, 0.29) is 11.9 Å². The van der Waals surface area contributed by atoms with Crippen molar-refractivity contribution in [1.29, 1.82) is 0 Å². The fourth-order valence-electron chi connectivity index (χ4n) is 3.47. The Balaban J connectivity index is 1.42. The van der Waals surface area contributed by atoms with Crippen LogP contribution < -0.4 is 10.6 Å². The first-order valence-electron chi connectivity index (χ1n) is 9.26. The molecule has 0 spiro atoms. The normalized spacial score (nSPS) is 18.0. The number of nitrogens with one attached hydrogen (secondary N) is 3. The van der Waals surface area contributed by atoms with Crippen LogP contribution in [-0.2, 0) is 0 Å². The highest BCUT2D eigenvalue weighted by Crippen LogP contribution is 2.21. The third-order valence-corrected chi connectivity index (χ3v) is 5.18. The van der Waals surface area contributed by atoms with Gasteiger partial charge in [-0.3, -0.25) is 4.79 Å². The zero-order valence-electron chi connectivity index (χ0n) is 15.6. The maximum absolute atomic E-state index is 12.6. The van der Waals surface area contributed by atoms with Crippen LogP contribution in [0.15, 0.2) is 42.9 Å². The minimum Gasteiger partial charge on any atom is -0.363 e. The third kappa shape index (κ3) is 3.64. The molecule has 4 heterocycles. The Morgan fingerprint density at radius 1 is 1.30 bits per heavy atom. The molecule has 7 nitrogen and oxygen atoms in total. The van der Waals surface area contributed by atoms with Crippen LogP contribution in [0.5, 0.6) is 0 Å². The van der Waals surface area contributed by atoms with Gasteiger partial charge in [0.15, 0.2) is 0 Å². The van der Waals surface area contributed by atoms with Gasteiger partial charge >= 0.3 is 0 Å². The molecule has 1 amide bonds. The third-order valence-electron chi connectivity index (χ3n) is 5.18. The second-order valence-corrected chi connectivity index (χ2v) is 7.01.